The minimum Gasteiger partial charge on any atom is -0.329 e. The number of sulfone groups is 1. The number of hydrogen-bond donors (Lipinski definition) is 0. The summed E-state index contributed by atoms with van der Waals surface area (Å²) in [6.07, 6.45) is 0.459. The fourth-order valence-corrected chi connectivity index (χ4v) is 5.48. The molecule has 24 heavy (non-hydrogen) atoms. The number of hydrogen-bond acceptors (Lipinski definition) is 4. The second-order valence-electron chi connectivity index (χ2n) is 5.70. The van der Waals surface area contributed by atoms with Gasteiger partial charge in [-0.05, 0) is 36.1 Å². The molecule has 0 unspecified atom stereocenters. The van der Waals surface area contributed by atoms with E-state index >= 15 is 0 Å². The molecule has 0 N–H and O–H groups in total. The number of amides is 1. The summed E-state index contributed by atoms with van der Waals surface area (Å²) < 4.78 is 23.7. The van der Waals surface area contributed by atoms with Crippen LogP contribution >= 0.6 is 34.5 Å². The van der Waals surface area contributed by atoms with Crippen LogP contribution in [0.25, 0.3) is 0 Å². The van der Waals surface area contributed by atoms with Crippen LogP contribution in [0.5, 0.6) is 0 Å². The first kappa shape index (κ1) is 17.7. The topological polar surface area (TPSA) is 54.5 Å². The van der Waals surface area contributed by atoms with E-state index in [2.05, 4.69) is 0 Å². The fourth-order valence-electron chi connectivity index (χ4n) is 2.75. The van der Waals surface area contributed by atoms with Crippen LogP contribution in [0, 0.1) is 0 Å². The number of thiophene rings is 1. The van der Waals surface area contributed by atoms with E-state index in [0.29, 0.717) is 28.6 Å². The molecule has 1 aromatic carbocycles. The van der Waals surface area contributed by atoms with Gasteiger partial charge in [-0.2, -0.15) is 0 Å². The van der Waals surface area contributed by atoms with Crippen LogP contribution in [-0.2, 0) is 16.4 Å². The lowest BCUT2D eigenvalue weighted by atomic mass is 10.1. The average Bonchev–Trinajstić information content (AvgIpc) is 3.16. The second-order valence-corrected chi connectivity index (χ2v) is 9.77. The van der Waals surface area contributed by atoms with Gasteiger partial charge in [-0.1, -0.05) is 29.3 Å². The van der Waals surface area contributed by atoms with Crippen molar-refractivity contribution in [2.45, 2.75) is 19.0 Å². The smallest absolute Gasteiger partial charge is 0.254 e. The van der Waals surface area contributed by atoms with E-state index in [0.717, 1.165) is 4.88 Å². The Morgan fingerprint density at radius 2 is 2.04 bits per heavy atom. The molecule has 1 aliphatic heterocycles. The van der Waals surface area contributed by atoms with Crippen LogP contribution in [0.4, 0.5) is 0 Å². The van der Waals surface area contributed by atoms with Crippen molar-refractivity contribution in [3.8, 4) is 0 Å². The van der Waals surface area contributed by atoms with E-state index in [1.54, 1.807) is 17.0 Å². The quantitative estimate of drug-likeness (QED) is 0.777. The SMILES string of the molecule is O=C(c1ccc(Cl)c(Cl)c1)N(Cc1cccs1)[C@H]1CCS(=O)(=O)C1. The van der Waals surface area contributed by atoms with Crippen molar-refractivity contribution < 1.29 is 13.2 Å². The number of carbonyl (C=O) groups excluding carboxylic acids is 1. The largest absolute Gasteiger partial charge is 0.329 e. The standard InChI is InChI=1S/C16H15Cl2NO3S2/c17-14-4-3-11(8-15(14)18)16(20)19(9-13-2-1-6-23-13)12-5-7-24(21,22)10-12/h1-4,6,8,12H,5,7,9-10H2/t12-/m0/s1. The number of rotatable bonds is 4. The van der Waals surface area contributed by atoms with E-state index in [9.17, 15) is 13.2 Å². The highest BCUT2D eigenvalue weighted by Crippen LogP contribution is 2.27. The molecule has 0 saturated carbocycles. The molecule has 1 amide bonds. The number of benzene rings is 1. The van der Waals surface area contributed by atoms with Crippen molar-refractivity contribution in [3.63, 3.8) is 0 Å². The summed E-state index contributed by atoms with van der Waals surface area (Å²) in [5.74, 6) is -0.109. The van der Waals surface area contributed by atoms with Crippen molar-refractivity contribution in [2.75, 3.05) is 11.5 Å². The van der Waals surface area contributed by atoms with E-state index in [-0.39, 0.29) is 23.5 Å². The molecule has 8 heteroatoms. The predicted octanol–water partition coefficient (Wildman–Crippen LogP) is 3.88. The Morgan fingerprint density at radius 1 is 1.25 bits per heavy atom. The Kier molecular flexibility index (Phi) is 5.20. The van der Waals surface area contributed by atoms with Crippen molar-refractivity contribution in [1.82, 2.24) is 4.90 Å². The van der Waals surface area contributed by atoms with Crippen LogP contribution in [0.1, 0.15) is 21.7 Å². The molecule has 0 bridgehead atoms. The van der Waals surface area contributed by atoms with Gasteiger partial charge >= 0.3 is 0 Å². The van der Waals surface area contributed by atoms with Gasteiger partial charge in [0.25, 0.3) is 5.91 Å². The van der Waals surface area contributed by atoms with Gasteiger partial charge in [0.05, 0.1) is 28.1 Å². The third-order valence-electron chi connectivity index (χ3n) is 3.98. The highest BCUT2D eigenvalue weighted by Gasteiger charge is 2.35. The van der Waals surface area contributed by atoms with E-state index < -0.39 is 9.84 Å². The lowest BCUT2D eigenvalue weighted by Gasteiger charge is -2.28. The molecule has 0 radical (unpaired) electrons. The maximum atomic E-state index is 13.0. The Labute approximate surface area is 154 Å². The van der Waals surface area contributed by atoms with Crippen molar-refractivity contribution >= 4 is 50.3 Å². The molecule has 0 aliphatic carbocycles. The summed E-state index contributed by atoms with van der Waals surface area (Å²) in [4.78, 5) is 15.6. The predicted molar refractivity (Wildman–Crippen MR) is 97.7 cm³/mol. The van der Waals surface area contributed by atoms with Gasteiger partial charge in [0, 0.05) is 16.5 Å². The Morgan fingerprint density at radius 3 is 2.62 bits per heavy atom. The monoisotopic (exact) mass is 403 g/mol. The molecule has 3 rings (SSSR count). The second kappa shape index (κ2) is 7.04. The molecule has 2 aromatic rings. The van der Waals surface area contributed by atoms with Gasteiger partial charge in [0.15, 0.2) is 9.84 Å². The van der Waals surface area contributed by atoms with Crippen molar-refractivity contribution in [1.29, 1.82) is 0 Å². The van der Waals surface area contributed by atoms with Gasteiger partial charge in [-0.3, -0.25) is 4.79 Å². The molecule has 128 valence electrons. The normalized spacial score (nSPS) is 19.3. The van der Waals surface area contributed by atoms with Crippen molar-refractivity contribution in [2.24, 2.45) is 0 Å². The highest BCUT2D eigenvalue weighted by molar-refractivity contribution is 7.91. The molecular formula is C16H15Cl2NO3S2. The Balaban J connectivity index is 1.91. The lowest BCUT2D eigenvalue weighted by Crippen LogP contribution is -2.40. The van der Waals surface area contributed by atoms with Gasteiger partial charge in [0.1, 0.15) is 0 Å². The zero-order valence-electron chi connectivity index (χ0n) is 12.6. The summed E-state index contributed by atoms with van der Waals surface area (Å²) in [7, 11) is -3.09. The van der Waals surface area contributed by atoms with E-state index in [1.807, 2.05) is 17.5 Å². The number of carbonyl (C=O) groups is 1. The molecule has 1 saturated heterocycles. The summed E-state index contributed by atoms with van der Waals surface area (Å²) in [6, 6.07) is 8.24. The van der Waals surface area contributed by atoms with Gasteiger partial charge in [0.2, 0.25) is 0 Å². The van der Waals surface area contributed by atoms with Gasteiger partial charge in [-0.15, -0.1) is 11.3 Å². The molecule has 1 aliphatic rings. The van der Waals surface area contributed by atoms with Crippen LogP contribution < -0.4 is 0 Å². The minimum atomic E-state index is -3.09. The number of halogens is 2. The zero-order valence-corrected chi connectivity index (χ0v) is 15.8. The first-order valence-corrected chi connectivity index (χ1v) is 10.8. The van der Waals surface area contributed by atoms with Gasteiger partial charge in [-0.25, -0.2) is 8.42 Å². The highest BCUT2D eigenvalue weighted by atomic mass is 35.5. The molecule has 1 fully saturated rings. The molecular weight excluding hydrogens is 389 g/mol. The van der Waals surface area contributed by atoms with Crippen LogP contribution in [-0.4, -0.2) is 36.8 Å². The summed E-state index contributed by atoms with van der Waals surface area (Å²) in [6.45, 7) is 0.386. The number of nitrogens with zero attached hydrogens (tertiary/aromatic N) is 1. The van der Waals surface area contributed by atoms with Crippen molar-refractivity contribution in [3.05, 3.63) is 56.2 Å². The Hall–Kier alpha value is -1.08. The molecule has 1 aromatic heterocycles. The minimum absolute atomic E-state index is 0.00539. The first-order chi connectivity index (χ1) is 11.4. The maximum absolute atomic E-state index is 13.0. The molecule has 1 atom stereocenters. The maximum Gasteiger partial charge on any atom is 0.254 e. The summed E-state index contributed by atoms with van der Waals surface area (Å²) >= 11 is 13.5. The molecule has 0 spiro atoms. The summed E-state index contributed by atoms with van der Waals surface area (Å²) in [5.41, 5.74) is 0.408. The van der Waals surface area contributed by atoms with E-state index in [4.69, 9.17) is 23.2 Å². The zero-order chi connectivity index (χ0) is 17.3. The molecule has 4 nitrogen and oxygen atoms in total. The van der Waals surface area contributed by atoms with Crippen LogP contribution in [0.3, 0.4) is 0 Å². The summed E-state index contributed by atoms with van der Waals surface area (Å²) in [5, 5.41) is 2.61. The van der Waals surface area contributed by atoms with Gasteiger partial charge < -0.3 is 4.90 Å². The third-order valence-corrected chi connectivity index (χ3v) is 7.33. The first-order valence-electron chi connectivity index (χ1n) is 7.34. The molecule has 2 heterocycles. The fraction of sp³-hybridized carbons (Fsp3) is 0.312. The Bertz CT molecular complexity index is 850. The van der Waals surface area contributed by atoms with E-state index in [1.165, 1.54) is 17.4 Å². The van der Waals surface area contributed by atoms with Crippen LogP contribution in [0.2, 0.25) is 10.0 Å². The lowest BCUT2D eigenvalue weighted by molar-refractivity contribution is 0.0683. The third kappa shape index (κ3) is 3.94. The average molecular weight is 404 g/mol. The van der Waals surface area contributed by atoms with Crippen LogP contribution in [0.15, 0.2) is 35.7 Å².